The summed E-state index contributed by atoms with van der Waals surface area (Å²) in [6.45, 7) is 0. The predicted octanol–water partition coefficient (Wildman–Crippen LogP) is 1.42. The van der Waals surface area contributed by atoms with Gasteiger partial charge in [0.1, 0.15) is 0 Å². The molecule has 12 heavy (non-hydrogen) atoms. The molecule has 1 aromatic carbocycles. The summed E-state index contributed by atoms with van der Waals surface area (Å²) in [4.78, 5) is 10.8. The van der Waals surface area contributed by atoms with Gasteiger partial charge in [-0.25, -0.2) is 0 Å². The minimum Gasteiger partial charge on any atom is -0.366 e. The van der Waals surface area contributed by atoms with Gasteiger partial charge in [-0.3, -0.25) is 4.79 Å². The van der Waals surface area contributed by atoms with Crippen molar-refractivity contribution in [3.8, 4) is 6.07 Å². The Morgan fingerprint density at radius 3 is 2.75 bits per heavy atom. The molecule has 1 amide bonds. The number of halogens is 1. The van der Waals surface area contributed by atoms with Gasteiger partial charge in [0.2, 0.25) is 5.91 Å². The number of hydrogen-bond donors (Lipinski definition) is 1. The van der Waals surface area contributed by atoms with Crippen LogP contribution < -0.4 is 5.73 Å². The smallest absolute Gasteiger partial charge is 0.250 e. The molecular formula is C8H5BrN2O. The fraction of sp³-hybridized carbons (Fsp3) is 0. The highest BCUT2D eigenvalue weighted by Gasteiger charge is 2.07. The lowest BCUT2D eigenvalue weighted by Gasteiger charge is -1.98. The van der Waals surface area contributed by atoms with Crippen LogP contribution >= 0.6 is 15.9 Å². The normalized spacial score (nSPS) is 9.00. The second kappa shape index (κ2) is 3.37. The fourth-order valence-electron chi connectivity index (χ4n) is 0.818. The van der Waals surface area contributed by atoms with E-state index in [-0.39, 0.29) is 5.56 Å². The number of amides is 1. The summed E-state index contributed by atoms with van der Waals surface area (Å²) in [5, 5.41) is 8.59. The summed E-state index contributed by atoms with van der Waals surface area (Å²) in [7, 11) is 0. The summed E-state index contributed by atoms with van der Waals surface area (Å²) in [5.74, 6) is -0.590. The van der Waals surface area contributed by atoms with E-state index in [1.165, 1.54) is 6.07 Å². The van der Waals surface area contributed by atoms with E-state index in [1.54, 1.807) is 12.1 Å². The van der Waals surface area contributed by atoms with Gasteiger partial charge in [0, 0.05) is 4.47 Å². The molecule has 2 N–H and O–H groups in total. The number of hydrogen-bond acceptors (Lipinski definition) is 2. The van der Waals surface area contributed by atoms with Crippen molar-refractivity contribution in [2.75, 3.05) is 0 Å². The topological polar surface area (TPSA) is 66.9 Å². The quantitative estimate of drug-likeness (QED) is 0.785. The van der Waals surface area contributed by atoms with Crippen LogP contribution in [0.25, 0.3) is 0 Å². The zero-order valence-corrected chi connectivity index (χ0v) is 7.63. The second-order valence-corrected chi connectivity index (χ2v) is 3.08. The highest BCUT2D eigenvalue weighted by Crippen LogP contribution is 2.15. The average molecular weight is 225 g/mol. The van der Waals surface area contributed by atoms with E-state index >= 15 is 0 Å². The lowest BCUT2D eigenvalue weighted by atomic mass is 10.1. The highest BCUT2D eigenvalue weighted by molar-refractivity contribution is 9.10. The number of nitriles is 1. The monoisotopic (exact) mass is 224 g/mol. The second-order valence-electron chi connectivity index (χ2n) is 2.17. The standard InChI is InChI=1S/C8H5BrN2O/c9-6-2-1-5(4-10)7(3-6)8(11)12/h1-3H,(H2,11,12). The van der Waals surface area contributed by atoms with E-state index < -0.39 is 5.91 Å². The third-order valence-electron chi connectivity index (χ3n) is 1.37. The minimum atomic E-state index is -0.590. The molecule has 0 fully saturated rings. The molecule has 0 aromatic heterocycles. The maximum Gasteiger partial charge on any atom is 0.250 e. The SMILES string of the molecule is N#Cc1ccc(Br)cc1C(N)=O. The van der Waals surface area contributed by atoms with Crippen LogP contribution in [-0.2, 0) is 0 Å². The molecule has 0 bridgehead atoms. The maximum atomic E-state index is 10.8. The van der Waals surface area contributed by atoms with Gasteiger partial charge in [0.05, 0.1) is 17.2 Å². The Balaban J connectivity index is 3.34. The summed E-state index contributed by atoms with van der Waals surface area (Å²) >= 11 is 3.18. The van der Waals surface area contributed by atoms with E-state index in [9.17, 15) is 4.79 Å². The molecule has 1 rings (SSSR count). The first-order valence-corrected chi connectivity index (χ1v) is 3.94. The number of carbonyl (C=O) groups excluding carboxylic acids is 1. The molecule has 0 aliphatic rings. The average Bonchev–Trinajstić information content (AvgIpc) is 2.04. The van der Waals surface area contributed by atoms with Crippen LogP contribution in [0.2, 0.25) is 0 Å². The maximum absolute atomic E-state index is 10.8. The molecule has 4 heteroatoms. The molecule has 0 spiro atoms. The molecule has 0 atom stereocenters. The molecule has 0 heterocycles. The van der Waals surface area contributed by atoms with Crippen molar-refractivity contribution in [1.82, 2.24) is 0 Å². The number of nitrogens with zero attached hydrogens (tertiary/aromatic N) is 1. The lowest BCUT2D eigenvalue weighted by molar-refractivity contribution is 0.1000. The van der Waals surface area contributed by atoms with Gasteiger partial charge in [0.15, 0.2) is 0 Å². The predicted molar refractivity (Wildman–Crippen MR) is 47.4 cm³/mol. The van der Waals surface area contributed by atoms with Crippen LogP contribution in [0.3, 0.4) is 0 Å². The molecule has 3 nitrogen and oxygen atoms in total. The van der Waals surface area contributed by atoms with Gasteiger partial charge in [-0.1, -0.05) is 15.9 Å². The van der Waals surface area contributed by atoms with Crippen molar-refractivity contribution in [3.63, 3.8) is 0 Å². The fourth-order valence-corrected chi connectivity index (χ4v) is 1.18. The number of primary amides is 1. The molecule has 0 aliphatic heterocycles. The lowest BCUT2D eigenvalue weighted by Crippen LogP contribution is -2.12. The Morgan fingerprint density at radius 2 is 2.25 bits per heavy atom. The summed E-state index contributed by atoms with van der Waals surface area (Å²) in [5.41, 5.74) is 5.59. The molecule has 0 radical (unpaired) electrons. The third kappa shape index (κ3) is 1.63. The van der Waals surface area contributed by atoms with Gasteiger partial charge >= 0.3 is 0 Å². The van der Waals surface area contributed by atoms with E-state index in [0.717, 1.165) is 4.47 Å². The van der Waals surface area contributed by atoms with Gasteiger partial charge in [-0.15, -0.1) is 0 Å². The Morgan fingerprint density at radius 1 is 1.58 bits per heavy atom. The Kier molecular flexibility index (Phi) is 2.46. The van der Waals surface area contributed by atoms with Gasteiger partial charge in [-0.05, 0) is 18.2 Å². The summed E-state index contributed by atoms with van der Waals surface area (Å²) in [6.07, 6.45) is 0. The highest BCUT2D eigenvalue weighted by atomic mass is 79.9. The van der Waals surface area contributed by atoms with E-state index in [1.807, 2.05) is 6.07 Å². The summed E-state index contributed by atoms with van der Waals surface area (Å²) in [6, 6.07) is 6.64. The van der Waals surface area contributed by atoms with Gasteiger partial charge < -0.3 is 5.73 Å². The van der Waals surface area contributed by atoms with Crippen molar-refractivity contribution < 1.29 is 4.79 Å². The van der Waals surface area contributed by atoms with Crippen molar-refractivity contribution in [2.45, 2.75) is 0 Å². The van der Waals surface area contributed by atoms with Crippen LogP contribution in [0.4, 0.5) is 0 Å². The molecule has 60 valence electrons. The van der Waals surface area contributed by atoms with Crippen LogP contribution in [0, 0.1) is 11.3 Å². The van der Waals surface area contributed by atoms with Crippen LogP contribution in [0.5, 0.6) is 0 Å². The summed E-state index contributed by atoms with van der Waals surface area (Å²) < 4.78 is 0.732. The first-order valence-electron chi connectivity index (χ1n) is 3.14. The van der Waals surface area contributed by atoms with Crippen LogP contribution in [-0.4, -0.2) is 5.91 Å². The molecule has 0 saturated heterocycles. The van der Waals surface area contributed by atoms with Crippen molar-refractivity contribution in [1.29, 1.82) is 5.26 Å². The Hall–Kier alpha value is -1.34. The number of nitrogens with two attached hydrogens (primary N) is 1. The number of carbonyl (C=O) groups is 1. The van der Waals surface area contributed by atoms with Gasteiger partial charge in [-0.2, -0.15) is 5.26 Å². The zero-order valence-electron chi connectivity index (χ0n) is 6.04. The van der Waals surface area contributed by atoms with E-state index in [4.69, 9.17) is 11.0 Å². The van der Waals surface area contributed by atoms with Crippen molar-refractivity contribution in [2.24, 2.45) is 5.73 Å². The van der Waals surface area contributed by atoms with Crippen LogP contribution in [0.1, 0.15) is 15.9 Å². The number of rotatable bonds is 1. The zero-order chi connectivity index (χ0) is 9.14. The van der Waals surface area contributed by atoms with Crippen molar-refractivity contribution in [3.05, 3.63) is 33.8 Å². The van der Waals surface area contributed by atoms with E-state index in [2.05, 4.69) is 15.9 Å². The number of benzene rings is 1. The van der Waals surface area contributed by atoms with Gasteiger partial charge in [0.25, 0.3) is 0 Å². The van der Waals surface area contributed by atoms with Crippen LogP contribution in [0.15, 0.2) is 22.7 Å². The van der Waals surface area contributed by atoms with E-state index in [0.29, 0.717) is 5.56 Å². The molecule has 0 saturated carbocycles. The third-order valence-corrected chi connectivity index (χ3v) is 1.86. The largest absolute Gasteiger partial charge is 0.366 e. The first-order chi connectivity index (χ1) is 5.65. The first kappa shape index (κ1) is 8.75. The molecular weight excluding hydrogens is 220 g/mol. The molecule has 1 aromatic rings. The Bertz CT molecular complexity index is 368. The molecule has 0 aliphatic carbocycles. The van der Waals surface area contributed by atoms with Crippen molar-refractivity contribution >= 4 is 21.8 Å². The Labute approximate surface area is 77.9 Å². The molecule has 0 unspecified atom stereocenters. The minimum absolute atomic E-state index is 0.242.